The predicted octanol–water partition coefficient (Wildman–Crippen LogP) is 2.86. The summed E-state index contributed by atoms with van der Waals surface area (Å²) >= 11 is 0. The van der Waals surface area contributed by atoms with E-state index in [4.69, 9.17) is 5.11 Å². The summed E-state index contributed by atoms with van der Waals surface area (Å²) in [5.74, 6) is -0.713. The molecule has 23 heavy (non-hydrogen) atoms. The molecule has 1 fully saturated rings. The summed E-state index contributed by atoms with van der Waals surface area (Å²) in [6, 6.07) is 4.47. The number of hydrogen-bond donors (Lipinski definition) is 1. The van der Waals surface area contributed by atoms with Gasteiger partial charge in [-0.25, -0.2) is 22.0 Å². The van der Waals surface area contributed by atoms with Gasteiger partial charge in [-0.2, -0.15) is 0 Å². The Kier molecular flexibility index (Phi) is 4.40. The van der Waals surface area contributed by atoms with Gasteiger partial charge < -0.3 is 10.0 Å². The average Bonchev–Trinajstić information content (AvgIpc) is 2.47. The van der Waals surface area contributed by atoms with Crippen molar-refractivity contribution < 1.29 is 27.1 Å². The minimum Gasteiger partial charge on any atom is -0.465 e. The second-order valence-electron chi connectivity index (χ2n) is 6.21. The van der Waals surface area contributed by atoms with Crippen LogP contribution in [0.5, 0.6) is 0 Å². The summed E-state index contributed by atoms with van der Waals surface area (Å²) in [6.07, 6.45) is -1.60. The fraction of sp³-hybridized carbons (Fsp3) is 0.533. The van der Waals surface area contributed by atoms with Crippen LogP contribution >= 0.6 is 0 Å². The number of sulfone groups is 1. The SMILES string of the molecule is CC(C)(C1(F)CCN(C(=O)O)CC1)S(=O)(=O)c1cccc(F)c1. The largest absolute Gasteiger partial charge is 0.465 e. The first-order valence-corrected chi connectivity index (χ1v) is 8.66. The zero-order valence-corrected chi connectivity index (χ0v) is 13.7. The van der Waals surface area contributed by atoms with Crippen molar-refractivity contribution in [1.29, 1.82) is 0 Å². The van der Waals surface area contributed by atoms with Gasteiger partial charge in [-0.15, -0.1) is 0 Å². The van der Waals surface area contributed by atoms with Gasteiger partial charge in [0.1, 0.15) is 16.2 Å². The highest BCUT2D eigenvalue weighted by Crippen LogP contribution is 2.44. The number of benzene rings is 1. The zero-order valence-electron chi connectivity index (χ0n) is 12.9. The van der Waals surface area contributed by atoms with Gasteiger partial charge in [0.2, 0.25) is 0 Å². The first kappa shape index (κ1) is 17.7. The quantitative estimate of drug-likeness (QED) is 0.912. The van der Waals surface area contributed by atoms with E-state index in [-0.39, 0.29) is 30.8 Å². The third kappa shape index (κ3) is 2.91. The molecule has 128 valence electrons. The molecule has 0 aliphatic carbocycles. The van der Waals surface area contributed by atoms with Crippen molar-refractivity contribution in [2.75, 3.05) is 13.1 Å². The average molecular weight is 347 g/mol. The second-order valence-corrected chi connectivity index (χ2v) is 8.70. The molecular formula is C15H19F2NO4S. The predicted molar refractivity (Wildman–Crippen MR) is 80.3 cm³/mol. The van der Waals surface area contributed by atoms with Crippen LogP contribution in [0.25, 0.3) is 0 Å². The Balaban J connectivity index is 2.35. The Labute approximate surface area is 133 Å². The smallest absolute Gasteiger partial charge is 0.407 e. The highest BCUT2D eigenvalue weighted by molar-refractivity contribution is 7.92. The van der Waals surface area contributed by atoms with E-state index in [9.17, 15) is 17.6 Å². The molecule has 1 aliphatic rings. The minimum atomic E-state index is -4.14. The maximum absolute atomic E-state index is 15.4. The van der Waals surface area contributed by atoms with Crippen molar-refractivity contribution in [3.63, 3.8) is 0 Å². The van der Waals surface area contributed by atoms with E-state index in [2.05, 4.69) is 0 Å². The number of rotatable bonds is 3. The molecule has 0 bridgehead atoms. The number of halogens is 2. The van der Waals surface area contributed by atoms with Gasteiger partial charge in [-0.3, -0.25) is 0 Å². The molecular weight excluding hydrogens is 328 g/mol. The Morgan fingerprint density at radius 1 is 1.30 bits per heavy atom. The van der Waals surface area contributed by atoms with E-state index < -0.39 is 32.2 Å². The molecule has 0 aromatic heterocycles. The van der Waals surface area contributed by atoms with E-state index in [0.29, 0.717) is 0 Å². The number of alkyl halides is 1. The van der Waals surface area contributed by atoms with Crippen molar-refractivity contribution in [3.05, 3.63) is 30.1 Å². The molecule has 0 atom stereocenters. The monoisotopic (exact) mass is 347 g/mol. The van der Waals surface area contributed by atoms with Gasteiger partial charge in [-0.1, -0.05) is 6.07 Å². The Morgan fingerprint density at radius 3 is 2.35 bits per heavy atom. The summed E-state index contributed by atoms with van der Waals surface area (Å²) in [4.78, 5) is 11.7. The first-order valence-electron chi connectivity index (χ1n) is 7.18. The van der Waals surface area contributed by atoms with Crippen LogP contribution in [0.3, 0.4) is 0 Å². The normalized spacial score (nSPS) is 18.7. The van der Waals surface area contributed by atoms with Crippen LogP contribution in [-0.4, -0.2) is 48.0 Å². The van der Waals surface area contributed by atoms with Crippen LogP contribution in [0.4, 0.5) is 13.6 Å². The number of likely N-dealkylation sites (tertiary alicyclic amines) is 1. The molecule has 1 aromatic carbocycles. The number of amides is 1. The molecule has 1 saturated heterocycles. The van der Waals surface area contributed by atoms with Crippen LogP contribution in [0.2, 0.25) is 0 Å². The molecule has 5 nitrogen and oxygen atoms in total. The van der Waals surface area contributed by atoms with Crippen LogP contribution < -0.4 is 0 Å². The number of nitrogens with zero attached hydrogens (tertiary/aromatic N) is 1. The van der Waals surface area contributed by atoms with Crippen LogP contribution in [0.15, 0.2) is 29.2 Å². The van der Waals surface area contributed by atoms with E-state index in [0.717, 1.165) is 17.0 Å². The number of carboxylic acid groups (broad SMARTS) is 1. The maximum Gasteiger partial charge on any atom is 0.407 e. The van der Waals surface area contributed by atoms with E-state index in [1.54, 1.807) is 0 Å². The van der Waals surface area contributed by atoms with Crippen molar-refractivity contribution >= 4 is 15.9 Å². The van der Waals surface area contributed by atoms with Gasteiger partial charge in [0.05, 0.1) is 4.90 Å². The van der Waals surface area contributed by atoms with E-state index >= 15 is 4.39 Å². The summed E-state index contributed by atoms with van der Waals surface area (Å²) in [5.41, 5.74) is -2.09. The van der Waals surface area contributed by atoms with Crippen molar-refractivity contribution in [3.8, 4) is 0 Å². The van der Waals surface area contributed by atoms with Gasteiger partial charge in [0, 0.05) is 25.9 Å². The van der Waals surface area contributed by atoms with Gasteiger partial charge >= 0.3 is 6.09 Å². The highest BCUT2D eigenvalue weighted by Gasteiger charge is 2.56. The van der Waals surface area contributed by atoms with E-state index in [1.807, 2.05) is 0 Å². The van der Waals surface area contributed by atoms with Crippen LogP contribution in [-0.2, 0) is 9.84 Å². The maximum atomic E-state index is 15.4. The number of piperidine rings is 1. The fourth-order valence-corrected chi connectivity index (χ4v) is 4.62. The number of carbonyl (C=O) groups is 1. The second kappa shape index (κ2) is 5.74. The number of hydrogen-bond acceptors (Lipinski definition) is 3. The van der Waals surface area contributed by atoms with E-state index in [1.165, 1.54) is 26.0 Å². The Hall–Kier alpha value is -1.70. The summed E-state index contributed by atoms with van der Waals surface area (Å²) in [6.45, 7) is 2.38. The molecule has 0 spiro atoms. The Morgan fingerprint density at radius 2 is 1.87 bits per heavy atom. The van der Waals surface area contributed by atoms with Crippen molar-refractivity contribution in [1.82, 2.24) is 4.90 Å². The molecule has 1 aromatic rings. The van der Waals surface area contributed by atoms with Crippen LogP contribution in [0.1, 0.15) is 26.7 Å². The van der Waals surface area contributed by atoms with Gasteiger partial charge in [0.15, 0.2) is 9.84 Å². The molecule has 0 unspecified atom stereocenters. The summed E-state index contributed by atoms with van der Waals surface area (Å²) in [5, 5.41) is 8.92. The molecule has 1 N–H and O–H groups in total. The fourth-order valence-electron chi connectivity index (χ4n) is 2.82. The standard InChI is InChI=1S/C15H19F2NO4S/c1-14(2,15(17)6-8-18(9-7-15)13(19)20)23(21,22)12-5-3-4-11(16)10-12/h3-5,10H,6-9H2,1-2H3,(H,19,20). The lowest BCUT2D eigenvalue weighted by Gasteiger charge is -2.44. The highest BCUT2D eigenvalue weighted by atomic mass is 32.2. The van der Waals surface area contributed by atoms with Gasteiger partial charge in [-0.05, 0) is 32.0 Å². The van der Waals surface area contributed by atoms with Gasteiger partial charge in [0.25, 0.3) is 0 Å². The lowest BCUT2D eigenvalue weighted by atomic mass is 9.82. The molecule has 0 saturated carbocycles. The topological polar surface area (TPSA) is 74.7 Å². The Bertz CT molecular complexity index is 710. The summed E-state index contributed by atoms with van der Waals surface area (Å²) < 4.78 is 52.5. The molecule has 1 aliphatic heterocycles. The molecule has 1 heterocycles. The summed E-state index contributed by atoms with van der Waals surface area (Å²) in [7, 11) is -4.14. The molecule has 0 radical (unpaired) electrons. The minimum absolute atomic E-state index is 0.0755. The molecule has 2 rings (SSSR count). The molecule has 8 heteroatoms. The van der Waals surface area contributed by atoms with Crippen LogP contribution in [0, 0.1) is 5.82 Å². The molecule has 1 amide bonds. The van der Waals surface area contributed by atoms with Crippen molar-refractivity contribution in [2.24, 2.45) is 0 Å². The lowest BCUT2D eigenvalue weighted by molar-refractivity contribution is 0.0326. The third-order valence-electron chi connectivity index (χ3n) is 4.68. The van der Waals surface area contributed by atoms with Crippen molar-refractivity contribution in [2.45, 2.75) is 42.0 Å². The lowest BCUT2D eigenvalue weighted by Crippen LogP contribution is -2.57. The third-order valence-corrected chi connectivity index (χ3v) is 7.27. The zero-order chi connectivity index (χ0) is 17.5. The first-order chi connectivity index (χ1) is 10.5.